The number of benzene rings is 3. The molecule has 0 aliphatic carbocycles. The summed E-state index contributed by atoms with van der Waals surface area (Å²) in [7, 11) is 0. The minimum Gasteiger partial charge on any atom is -0.394 e. The van der Waals surface area contributed by atoms with E-state index in [4.69, 9.17) is 0 Å². The van der Waals surface area contributed by atoms with E-state index in [9.17, 15) is 24.3 Å². The van der Waals surface area contributed by atoms with Crippen LogP contribution in [0.15, 0.2) is 90.1 Å². The number of pyridine rings is 1. The molecular formula is C48H56N8O5S. The molecule has 3 saturated heterocycles. The van der Waals surface area contributed by atoms with Crippen molar-refractivity contribution in [2.24, 2.45) is 5.92 Å². The Labute approximate surface area is 367 Å². The lowest BCUT2D eigenvalue weighted by Crippen LogP contribution is -2.52. The lowest BCUT2D eigenvalue weighted by molar-refractivity contribution is -0.137. The van der Waals surface area contributed by atoms with E-state index in [2.05, 4.69) is 84.2 Å². The van der Waals surface area contributed by atoms with Crippen molar-refractivity contribution in [2.75, 3.05) is 68.8 Å². The molecule has 4 atom stereocenters. The molecule has 14 heteroatoms. The largest absolute Gasteiger partial charge is 0.394 e. The zero-order chi connectivity index (χ0) is 42.6. The summed E-state index contributed by atoms with van der Waals surface area (Å²) in [5.74, 6) is 0.486. The van der Waals surface area contributed by atoms with Crippen LogP contribution in [0.25, 0.3) is 11.1 Å². The highest BCUT2D eigenvalue weighted by atomic mass is 32.2. The Kier molecular flexibility index (Phi) is 13.0. The highest BCUT2D eigenvalue weighted by molar-refractivity contribution is 7.99. The maximum absolute atomic E-state index is 13.2. The Bertz CT molecular complexity index is 2290. The van der Waals surface area contributed by atoms with Crippen LogP contribution in [0.3, 0.4) is 0 Å². The number of nitrogens with zero attached hydrogens (tertiary/aromatic N) is 5. The molecule has 6 heterocycles. The molecule has 324 valence electrons. The molecule has 4 N–H and O–H groups in total. The molecule has 0 spiro atoms. The van der Waals surface area contributed by atoms with Crippen molar-refractivity contribution in [2.45, 2.75) is 74.6 Å². The van der Waals surface area contributed by atoms with E-state index < -0.39 is 6.04 Å². The number of nitrogens with one attached hydrogen (secondary N) is 3. The van der Waals surface area contributed by atoms with Gasteiger partial charge in [-0.05, 0) is 127 Å². The Morgan fingerprint density at radius 1 is 0.871 bits per heavy atom. The minimum absolute atomic E-state index is 0.0213. The molecule has 9 rings (SSSR count). The fourth-order valence-electron chi connectivity index (χ4n) is 10.1. The lowest BCUT2D eigenvalue weighted by Gasteiger charge is -2.39. The maximum atomic E-state index is 13.2. The number of hydrogen-bond acceptors (Lipinski definition) is 11. The molecule has 0 bridgehead atoms. The van der Waals surface area contributed by atoms with Crippen molar-refractivity contribution in [3.05, 3.63) is 107 Å². The zero-order valence-corrected chi connectivity index (χ0v) is 36.0. The number of carbonyl (C=O) groups excluding carboxylic acids is 4. The van der Waals surface area contributed by atoms with E-state index in [0.717, 1.165) is 110 Å². The third kappa shape index (κ3) is 9.30. The number of aromatic nitrogens is 1. The molecule has 0 saturated carbocycles. The molecule has 13 nitrogen and oxygen atoms in total. The second-order valence-electron chi connectivity index (χ2n) is 17.3. The van der Waals surface area contributed by atoms with Gasteiger partial charge >= 0.3 is 0 Å². The van der Waals surface area contributed by atoms with Gasteiger partial charge in [0.05, 0.1) is 12.6 Å². The van der Waals surface area contributed by atoms with Crippen molar-refractivity contribution in [3.63, 3.8) is 0 Å². The molecule has 3 aromatic carbocycles. The third-order valence-electron chi connectivity index (χ3n) is 13.3. The van der Waals surface area contributed by atoms with Crippen molar-refractivity contribution in [1.29, 1.82) is 0 Å². The van der Waals surface area contributed by atoms with E-state index in [1.807, 2.05) is 36.7 Å². The van der Waals surface area contributed by atoms with Gasteiger partial charge in [-0.3, -0.25) is 34.4 Å². The van der Waals surface area contributed by atoms with Crippen LogP contribution in [0, 0.1) is 5.92 Å². The van der Waals surface area contributed by atoms with Crippen LogP contribution in [0.2, 0.25) is 0 Å². The predicted molar refractivity (Wildman–Crippen MR) is 240 cm³/mol. The molecule has 62 heavy (non-hydrogen) atoms. The number of thioether (sulfide) groups is 1. The summed E-state index contributed by atoms with van der Waals surface area (Å²) >= 11 is 1.77. The SMILES string of the molecule is O=C1CCC(N2Cc3c(SCCCN4CCN(CCCC(=O)Nc5cccc(-c6ccc7c(c6)[C@H]6[C@H](CCN6Cc6ccncc6)[C@@H](CO)N7)c5)CC4)cccc3C2=O)C(=O)N1. The standard InChI is InChI=1S/C48H56N8O5S/c57-31-41-37-16-21-55(29-32-14-17-49-18-15-32)46(37)38-28-34(10-11-40(38)51-41)33-5-1-6-35(27-33)50-44(58)9-3-19-53-22-24-54(25-23-53)20-4-26-62-43-8-2-7-36-39(43)30-56(48(36)61)42-12-13-45(59)52-47(42)60/h1-2,5-8,10-11,14-15,17-18,27-28,37,41-42,46,51,57H,3-4,9,12-13,16,19-26,29-31H2,(H,50,58)(H,52,59,60)/t37-,41-,42?,46-/m1/s1. The summed E-state index contributed by atoms with van der Waals surface area (Å²) in [5.41, 5.74) is 8.17. The minimum atomic E-state index is -0.602. The van der Waals surface area contributed by atoms with Crippen LogP contribution in [0.5, 0.6) is 0 Å². The number of imide groups is 1. The molecule has 5 aliphatic heterocycles. The molecule has 0 radical (unpaired) electrons. The first-order chi connectivity index (χ1) is 30.3. The summed E-state index contributed by atoms with van der Waals surface area (Å²) in [6.07, 6.45) is 7.64. The fraction of sp³-hybridized carbons (Fsp3) is 0.438. The predicted octanol–water partition coefficient (Wildman–Crippen LogP) is 5.38. The average molecular weight is 857 g/mol. The average Bonchev–Trinajstić information content (AvgIpc) is 3.86. The summed E-state index contributed by atoms with van der Waals surface area (Å²) < 4.78 is 0. The highest BCUT2D eigenvalue weighted by Gasteiger charge is 2.44. The van der Waals surface area contributed by atoms with Gasteiger partial charge in [0.1, 0.15) is 6.04 Å². The van der Waals surface area contributed by atoms with Gasteiger partial charge in [-0.2, -0.15) is 0 Å². The molecule has 4 aromatic rings. The number of piperidine rings is 1. The van der Waals surface area contributed by atoms with Crippen LogP contribution in [-0.4, -0.2) is 124 Å². The highest BCUT2D eigenvalue weighted by Crippen LogP contribution is 2.48. The number of likely N-dealkylation sites (tertiary alicyclic amines) is 1. The summed E-state index contributed by atoms with van der Waals surface area (Å²) in [6.45, 7) is 8.20. The van der Waals surface area contributed by atoms with Gasteiger partial charge in [0.15, 0.2) is 0 Å². The van der Waals surface area contributed by atoms with Crippen LogP contribution >= 0.6 is 11.8 Å². The van der Waals surface area contributed by atoms with Crippen molar-refractivity contribution >= 4 is 46.8 Å². The third-order valence-corrected chi connectivity index (χ3v) is 14.5. The maximum Gasteiger partial charge on any atom is 0.255 e. The van der Waals surface area contributed by atoms with Crippen LogP contribution in [0.4, 0.5) is 11.4 Å². The number of carbonyl (C=O) groups is 4. The summed E-state index contributed by atoms with van der Waals surface area (Å²) in [4.78, 5) is 64.9. The smallest absolute Gasteiger partial charge is 0.255 e. The molecule has 3 fully saturated rings. The van der Waals surface area contributed by atoms with Gasteiger partial charge in [0, 0.05) is 98.3 Å². The summed E-state index contributed by atoms with van der Waals surface area (Å²) in [6, 6.07) is 24.3. The fourth-order valence-corrected chi connectivity index (χ4v) is 11.1. The van der Waals surface area contributed by atoms with Gasteiger partial charge in [-0.25, -0.2) is 0 Å². The number of fused-ring (bicyclic) bond motifs is 4. The van der Waals surface area contributed by atoms with E-state index in [-0.39, 0.29) is 48.7 Å². The summed E-state index contributed by atoms with van der Waals surface area (Å²) in [5, 5.41) is 19.4. The van der Waals surface area contributed by atoms with E-state index in [1.165, 1.54) is 11.1 Å². The monoisotopic (exact) mass is 856 g/mol. The Morgan fingerprint density at radius 3 is 2.44 bits per heavy atom. The normalized spacial score (nSPS) is 22.8. The topological polar surface area (TPSA) is 150 Å². The van der Waals surface area contributed by atoms with Gasteiger partial charge in [-0.1, -0.05) is 24.3 Å². The number of amides is 4. The van der Waals surface area contributed by atoms with E-state index >= 15 is 0 Å². The van der Waals surface area contributed by atoms with Crippen molar-refractivity contribution < 1.29 is 24.3 Å². The molecule has 1 aromatic heterocycles. The second-order valence-corrected chi connectivity index (χ2v) is 18.4. The molecule has 1 unspecified atom stereocenters. The number of anilines is 2. The van der Waals surface area contributed by atoms with Crippen molar-refractivity contribution in [1.82, 2.24) is 29.9 Å². The Hall–Kier alpha value is -5.12. The van der Waals surface area contributed by atoms with Crippen LogP contribution in [0.1, 0.15) is 71.6 Å². The number of aliphatic hydroxyl groups is 1. The number of hydrogen-bond donors (Lipinski definition) is 4. The Balaban J connectivity index is 0.708. The van der Waals surface area contributed by atoms with Gasteiger partial charge < -0.3 is 30.4 Å². The first-order valence-electron chi connectivity index (χ1n) is 22.2. The van der Waals surface area contributed by atoms with E-state index in [1.54, 1.807) is 16.7 Å². The zero-order valence-electron chi connectivity index (χ0n) is 35.1. The van der Waals surface area contributed by atoms with Crippen molar-refractivity contribution in [3.8, 4) is 11.1 Å². The quantitative estimate of drug-likeness (QED) is 0.0694. The van der Waals surface area contributed by atoms with Gasteiger partial charge in [0.2, 0.25) is 17.7 Å². The van der Waals surface area contributed by atoms with Crippen LogP contribution < -0.4 is 16.0 Å². The van der Waals surface area contributed by atoms with Gasteiger partial charge in [-0.15, -0.1) is 11.8 Å². The second kappa shape index (κ2) is 19.1. The lowest BCUT2D eigenvalue weighted by atomic mass is 9.82. The van der Waals surface area contributed by atoms with E-state index in [0.29, 0.717) is 30.9 Å². The first-order valence-corrected chi connectivity index (χ1v) is 23.2. The number of aliphatic hydroxyl groups excluding tert-OH is 1. The molecular weight excluding hydrogens is 801 g/mol. The van der Waals surface area contributed by atoms with Crippen LogP contribution in [-0.2, 0) is 27.5 Å². The Morgan fingerprint density at radius 2 is 1.65 bits per heavy atom. The number of rotatable bonds is 15. The molecule has 5 aliphatic rings. The van der Waals surface area contributed by atoms with Gasteiger partial charge in [0.25, 0.3) is 5.91 Å². The number of piperazine rings is 1. The molecule has 4 amide bonds. The first kappa shape index (κ1) is 42.2.